The summed E-state index contributed by atoms with van der Waals surface area (Å²) in [6, 6.07) is 3.47. The Labute approximate surface area is 123 Å². The second kappa shape index (κ2) is 5.08. The summed E-state index contributed by atoms with van der Waals surface area (Å²) in [6.07, 6.45) is 3.63. The maximum atomic E-state index is 11.3. The van der Waals surface area contributed by atoms with E-state index < -0.39 is 5.97 Å². The molecule has 2 heterocycles. The number of nitriles is 1. The van der Waals surface area contributed by atoms with Crippen LogP contribution in [-0.2, 0) is 12.0 Å². The van der Waals surface area contributed by atoms with E-state index >= 15 is 0 Å². The number of anilines is 1. The van der Waals surface area contributed by atoms with Crippen molar-refractivity contribution in [1.29, 1.82) is 5.26 Å². The largest absolute Gasteiger partial charge is 0.478 e. The molecule has 0 aromatic heterocycles. The SMILES string of the molecule is N#CB1CCC2(CC1)CNc1c2ccc(C(=O)O)c1CO. The molecule has 0 atom stereocenters. The fourth-order valence-electron chi connectivity index (χ4n) is 3.75. The highest BCUT2D eigenvalue weighted by Crippen LogP contribution is 2.48. The standard InChI is InChI=1S/C15H17BN2O3/c17-9-16-5-3-15(4-6-16)8-18-13-11(7-19)10(14(20)21)1-2-12(13)15/h1-2,18-19H,3-8H2,(H,20,21). The van der Waals surface area contributed by atoms with Gasteiger partial charge in [0, 0.05) is 29.2 Å². The number of nitrogens with one attached hydrogen (secondary N) is 1. The lowest BCUT2D eigenvalue weighted by Gasteiger charge is -2.34. The van der Waals surface area contributed by atoms with Crippen LogP contribution < -0.4 is 5.32 Å². The van der Waals surface area contributed by atoms with Crippen LogP contribution in [0.3, 0.4) is 0 Å². The lowest BCUT2D eigenvalue weighted by molar-refractivity contribution is 0.0693. The zero-order valence-corrected chi connectivity index (χ0v) is 11.7. The van der Waals surface area contributed by atoms with Crippen molar-refractivity contribution in [2.75, 3.05) is 11.9 Å². The second-order valence-electron chi connectivity index (χ2n) is 6.01. The van der Waals surface area contributed by atoms with E-state index in [1.165, 1.54) is 0 Å². The van der Waals surface area contributed by atoms with Crippen LogP contribution in [0.25, 0.3) is 0 Å². The third-order valence-electron chi connectivity index (χ3n) is 5.00. The van der Waals surface area contributed by atoms with E-state index in [0.29, 0.717) is 5.56 Å². The van der Waals surface area contributed by atoms with Crippen LogP contribution in [0.15, 0.2) is 12.1 Å². The van der Waals surface area contributed by atoms with Gasteiger partial charge >= 0.3 is 5.97 Å². The van der Waals surface area contributed by atoms with Crippen molar-refractivity contribution in [3.05, 3.63) is 28.8 Å². The summed E-state index contributed by atoms with van der Waals surface area (Å²) in [5.41, 5.74) is 2.51. The van der Waals surface area contributed by atoms with Gasteiger partial charge in [-0.2, -0.15) is 0 Å². The zero-order chi connectivity index (χ0) is 15.0. The predicted octanol–water partition coefficient (Wildman–Crippen LogP) is 1.89. The van der Waals surface area contributed by atoms with Crippen molar-refractivity contribution in [2.45, 2.75) is 37.5 Å². The van der Waals surface area contributed by atoms with Crippen molar-refractivity contribution in [3.8, 4) is 5.97 Å². The van der Waals surface area contributed by atoms with Crippen LogP contribution in [0.2, 0.25) is 12.6 Å². The maximum Gasteiger partial charge on any atom is 0.336 e. The smallest absolute Gasteiger partial charge is 0.336 e. The van der Waals surface area contributed by atoms with Crippen molar-refractivity contribution in [1.82, 2.24) is 0 Å². The van der Waals surface area contributed by atoms with Gasteiger partial charge in [-0.15, -0.1) is 0 Å². The number of rotatable bonds is 2. The minimum absolute atomic E-state index is 0.0103. The number of hydrogen-bond acceptors (Lipinski definition) is 4. The molecule has 2 aliphatic heterocycles. The average Bonchev–Trinajstić information content (AvgIpc) is 2.86. The molecule has 108 valence electrons. The number of carboxylic acid groups (broad SMARTS) is 1. The van der Waals surface area contributed by atoms with Crippen molar-refractivity contribution in [2.24, 2.45) is 0 Å². The van der Waals surface area contributed by atoms with Gasteiger partial charge in [0.25, 0.3) is 6.71 Å². The van der Waals surface area contributed by atoms with Gasteiger partial charge < -0.3 is 15.5 Å². The van der Waals surface area contributed by atoms with Crippen LogP contribution in [0.4, 0.5) is 5.69 Å². The number of benzene rings is 1. The Kier molecular flexibility index (Phi) is 3.38. The van der Waals surface area contributed by atoms with E-state index in [2.05, 4.69) is 11.3 Å². The van der Waals surface area contributed by atoms with E-state index in [-0.39, 0.29) is 24.3 Å². The first-order valence-electron chi connectivity index (χ1n) is 7.25. The molecule has 0 radical (unpaired) electrons. The first kappa shape index (κ1) is 14.0. The van der Waals surface area contributed by atoms with Gasteiger partial charge in [-0.3, -0.25) is 0 Å². The molecule has 0 saturated carbocycles. The highest BCUT2D eigenvalue weighted by Gasteiger charge is 2.43. The molecule has 1 spiro atoms. The molecule has 21 heavy (non-hydrogen) atoms. The van der Waals surface area contributed by atoms with Crippen LogP contribution >= 0.6 is 0 Å². The van der Waals surface area contributed by atoms with Crippen molar-refractivity contribution >= 4 is 18.4 Å². The molecule has 6 heteroatoms. The summed E-state index contributed by atoms with van der Waals surface area (Å²) >= 11 is 0. The Balaban J connectivity index is 2.01. The lowest BCUT2D eigenvalue weighted by atomic mass is 9.39. The maximum absolute atomic E-state index is 11.3. The summed E-state index contributed by atoms with van der Waals surface area (Å²) in [4.78, 5) is 11.3. The number of carbonyl (C=O) groups is 1. The summed E-state index contributed by atoms with van der Waals surface area (Å²) < 4.78 is 0. The van der Waals surface area contributed by atoms with Gasteiger partial charge in [0.15, 0.2) is 0 Å². The van der Waals surface area contributed by atoms with E-state index in [1.807, 2.05) is 6.07 Å². The molecule has 1 saturated heterocycles. The Hall–Kier alpha value is -2.00. The average molecular weight is 284 g/mol. The number of carboxylic acids is 1. The monoisotopic (exact) mass is 284 g/mol. The predicted molar refractivity (Wildman–Crippen MR) is 79.7 cm³/mol. The fraction of sp³-hybridized carbons (Fsp3) is 0.467. The molecule has 0 bridgehead atoms. The highest BCUT2D eigenvalue weighted by atomic mass is 16.4. The number of hydrogen-bond donors (Lipinski definition) is 3. The Morgan fingerprint density at radius 1 is 1.43 bits per heavy atom. The molecule has 3 N–H and O–H groups in total. The summed E-state index contributed by atoms with van der Waals surface area (Å²) in [5.74, 6) is 1.33. The molecule has 5 nitrogen and oxygen atoms in total. The summed E-state index contributed by atoms with van der Waals surface area (Å²) in [6.45, 7) is 0.612. The van der Waals surface area contributed by atoms with Crippen LogP contribution in [-0.4, -0.2) is 29.4 Å². The van der Waals surface area contributed by atoms with Gasteiger partial charge in [0.2, 0.25) is 0 Å². The Bertz CT molecular complexity index is 631. The molecule has 1 fully saturated rings. The lowest BCUT2D eigenvalue weighted by Crippen LogP contribution is -2.35. The summed E-state index contributed by atoms with van der Waals surface area (Å²) in [5, 5.41) is 31.1. The minimum atomic E-state index is -1.02. The first-order valence-corrected chi connectivity index (χ1v) is 7.25. The van der Waals surface area contributed by atoms with Gasteiger partial charge in [0.1, 0.15) is 0 Å². The normalized spacial score (nSPS) is 19.0. The number of aliphatic hydroxyl groups excluding tert-OH is 1. The number of fused-ring (bicyclic) bond motifs is 2. The minimum Gasteiger partial charge on any atom is -0.478 e. The van der Waals surface area contributed by atoms with E-state index in [4.69, 9.17) is 5.26 Å². The van der Waals surface area contributed by atoms with Gasteiger partial charge in [0.05, 0.1) is 12.2 Å². The van der Waals surface area contributed by atoms with Crippen molar-refractivity contribution in [3.63, 3.8) is 0 Å². The quantitative estimate of drug-likeness (QED) is 0.721. The van der Waals surface area contributed by atoms with E-state index in [9.17, 15) is 15.0 Å². The highest BCUT2D eigenvalue weighted by molar-refractivity contribution is 6.67. The molecule has 0 amide bonds. The number of aromatic carboxylic acids is 1. The third kappa shape index (κ3) is 2.09. The van der Waals surface area contributed by atoms with Crippen LogP contribution in [0.1, 0.15) is 34.3 Å². The Morgan fingerprint density at radius 2 is 2.14 bits per heavy atom. The third-order valence-corrected chi connectivity index (χ3v) is 5.00. The number of nitrogens with zero attached hydrogens (tertiary/aromatic N) is 1. The van der Waals surface area contributed by atoms with Crippen LogP contribution in [0, 0.1) is 11.2 Å². The molecular formula is C15H17BN2O3. The topological polar surface area (TPSA) is 93.4 Å². The zero-order valence-electron chi connectivity index (χ0n) is 11.7. The first-order chi connectivity index (χ1) is 10.1. The Morgan fingerprint density at radius 3 is 2.71 bits per heavy atom. The van der Waals surface area contributed by atoms with Gasteiger partial charge in [-0.25, -0.2) is 10.1 Å². The molecule has 1 aromatic rings. The van der Waals surface area contributed by atoms with Gasteiger partial charge in [-0.05, 0) is 24.5 Å². The molecule has 1 aromatic carbocycles. The molecular weight excluding hydrogens is 267 g/mol. The fourth-order valence-corrected chi connectivity index (χ4v) is 3.75. The van der Waals surface area contributed by atoms with E-state index in [0.717, 1.165) is 43.3 Å². The second-order valence-corrected chi connectivity index (χ2v) is 6.01. The van der Waals surface area contributed by atoms with Crippen LogP contribution in [0.5, 0.6) is 0 Å². The van der Waals surface area contributed by atoms with E-state index in [1.54, 1.807) is 6.07 Å². The van der Waals surface area contributed by atoms with Crippen molar-refractivity contribution < 1.29 is 15.0 Å². The number of aliphatic hydroxyl groups is 1. The molecule has 3 rings (SSSR count). The molecule has 2 aliphatic rings. The molecule has 0 unspecified atom stereocenters. The summed E-state index contributed by atoms with van der Waals surface area (Å²) in [7, 11) is 0. The van der Waals surface area contributed by atoms with Gasteiger partial charge in [-0.1, -0.05) is 18.7 Å². The molecule has 0 aliphatic carbocycles.